The fourth-order valence-corrected chi connectivity index (χ4v) is 5.17. The highest BCUT2D eigenvalue weighted by Crippen LogP contribution is 2.39. The van der Waals surface area contributed by atoms with E-state index in [1.54, 1.807) is 6.26 Å². The summed E-state index contributed by atoms with van der Waals surface area (Å²) in [4.78, 5) is 5.14. The molecule has 0 amide bonds. The Kier molecular flexibility index (Phi) is 5.34. The van der Waals surface area contributed by atoms with Crippen LogP contribution in [0.1, 0.15) is 64.5 Å². The molecule has 6 rings (SSSR count). The van der Waals surface area contributed by atoms with Gasteiger partial charge in [-0.15, -0.1) is 0 Å². The molecule has 0 aliphatic rings. The second-order valence-corrected chi connectivity index (χ2v) is 10.2. The highest BCUT2D eigenvalue weighted by Gasteiger charge is 2.23. The predicted molar refractivity (Wildman–Crippen MR) is 154 cm³/mol. The number of hydrogen-bond acceptors (Lipinski definition) is 2. The minimum atomic E-state index is -1.65. The molecule has 2 aromatic heterocycles. The van der Waals surface area contributed by atoms with Gasteiger partial charge in [0.15, 0.2) is 0 Å². The van der Waals surface area contributed by atoms with Crippen molar-refractivity contribution < 1.29 is 7.16 Å². The van der Waals surface area contributed by atoms with Gasteiger partial charge in [-0.05, 0) is 64.7 Å². The number of para-hydroxylation sites is 3. The van der Waals surface area contributed by atoms with E-state index in [4.69, 9.17) is 12.1 Å². The largest absolute Gasteiger partial charge is 0.464 e. The van der Waals surface area contributed by atoms with Gasteiger partial charge in [0.25, 0.3) is 0 Å². The Hall–Kier alpha value is -4.11. The molecule has 37 heavy (non-hydrogen) atoms. The first-order valence-corrected chi connectivity index (χ1v) is 13.0. The van der Waals surface area contributed by atoms with Gasteiger partial charge in [-0.25, -0.2) is 4.98 Å². The molecule has 3 heteroatoms. The van der Waals surface area contributed by atoms with E-state index >= 15 is 0 Å². The maximum absolute atomic E-state index is 8.94. The Balaban J connectivity index is 1.64. The smallest absolute Gasteiger partial charge is 0.149 e. The molecule has 6 aromatic rings. The molecule has 0 unspecified atom stereocenters. The minimum absolute atomic E-state index is 0.318. The van der Waals surface area contributed by atoms with Crippen LogP contribution in [0.15, 0.2) is 102 Å². The number of furan rings is 1. The van der Waals surface area contributed by atoms with Gasteiger partial charge < -0.3 is 4.42 Å². The third-order valence-electron chi connectivity index (χ3n) is 7.00. The lowest BCUT2D eigenvalue weighted by atomic mass is 9.92. The van der Waals surface area contributed by atoms with Gasteiger partial charge >= 0.3 is 0 Å². The zero-order valence-corrected chi connectivity index (χ0v) is 21.7. The van der Waals surface area contributed by atoms with E-state index in [9.17, 15) is 0 Å². The quantitative estimate of drug-likeness (QED) is 0.235. The Morgan fingerprint density at radius 2 is 1.49 bits per heavy atom. The zero-order valence-electron chi connectivity index (χ0n) is 23.7. The van der Waals surface area contributed by atoms with E-state index in [0.717, 1.165) is 33.5 Å². The van der Waals surface area contributed by atoms with Gasteiger partial charge in [0.05, 0.1) is 22.3 Å². The van der Waals surface area contributed by atoms with E-state index < -0.39 is 6.37 Å². The maximum atomic E-state index is 8.94. The topological polar surface area (TPSA) is 31.0 Å². The van der Waals surface area contributed by atoms with Crippen LogP contribution in [0.25, 0.3) is 39.1 Å². The summed E-state index contributed by atoms with van der Waals surface area (Å²) in [5, 5.41) is 0.844. The van der Waals surface area contributed by atoms with Crippen molar-refractivity contribution in [2.45, 2.75) is 45.9 Å². The summed E-state index contributed by atoms with van der Waals surface area (Å²) in [7, 11) is 0. The first-order chi connectivity index (χ1) is 18.8. The number of nitrogens with zero attached hydrogens (tertiary/aromatic N) is 2. The third-order valence-corrected chi connectivity index (χ3v) is 7.00. The van der Waals surface area contributed by atoms with Crippen LogP contribution < -0.4 is 0 Å². The highest BCUT2D eigenvalue weighted by atomic mass is 16.3. The normalized spacial score (nSPS) is 13.0. The number of fused-ring (bicyclic) bond motifs is 2. The number of hydrogen-bond donors (Lipinski definition) is 0. The summed E-state index contributed by atoms with van der Waals surface area (Å²) in [5.74, 6) is 1.43. The lowest BCUT2D eigenvalue weighted by Crippen LogP contribution is -2.08. The number of aromatic nitrogens is 2. The van der Waals surface area contributed by atoms with E-state index in [-0.39, 0.29) is 0 Å². The lowest BCUT2D eigenvalue weighted by Gasteiger charge is -2.22. The van der Waals surface area contributed by atoms with Crippen molar-refractivity contribution in [3.8, 4) is 17.1 Å². The molecule has 2 heterocycles. The molecule has 0 N–H and O–H groups in total. The number of rotatable bonds is 6. The van der Waals surface area contributed by atoms with Crippen LogP contribution in [0.4, 0.5) is 0 Å². The van der Waals surface area contributed by atoms with Crippen molar-refractivity contribution in [3.63, 3.8) is 0 Å². The molecular weight excluding hydrogens is 452 g/mol. The first kappa shape index (κ1) is 21.0. The molecule has 0 saturated heterocycles. The average molecular weight is 487 g/mol. The summed E-state index contributed by atoms with van der Waals surface area (Å²) >= 11 is 0. The van der Waals surface area contributed by atoms with Crippen LogP contribution in [-0.4, -0.2) is 9.55 Å². The monoisotopic (exact) mass is 486 g/mol. The number of benzene rings is 4. The molecule has 4 aromatic carbocycles. The van der Waals surface area contributed by atoms with Crippen LogP contribution in [0, 0.1) is 0 Å². The summed E-state index contributed by atoms with van der Waals surface area (Å²) in [6.07, 6.45) is 0.108. The van der Waals surface area contributed by atoms with E-state index in [0.29, 0.717) is 28.5 Å². The highest BCUT2D eigenvalue weighted by molar-refractivity contribution is 5.96. The molecule has 0 fully saturated rings. The van der Waals surface area contributed by atoms with Crippen molar-refractivity contribution in [1.82, 2.24) is 9.55 Å². The second kappa shape index (κ2) is 9.40. The molecule has 0 aliphatic carbocycles. The lowest BCUT2D eigenvalue weighted by molar-refractivity contribution is 0.616. The fraction of sp³-hybridized carbons (Fsp3) is 0.206. The summed E-state index contributed by atoms with van der Waals surface area (Å²) < 4.78 is 26.2. The fourth-order valence-electron chi connectivity index (χ4n) is 5.17. The number of imidazole rings is 1. The SMILES string of the molecule is [2H]C([2H])(c1ccccc1)c1ccc2occ(-c3nc4ccccc4n3-c3c(C(C)C)cccc3C(C)C)c2c1. The van der Waals surface area contributed by atoms with Crippen LogP contribution in [0.2, 0.25) is 0 Å². The second-order valence-electron chi connectivity index (χ2n) is 10.2. The predicted octanol–water partition coefficient (Wildman–Crippen LogP) is 9.28. The Bertz CT molecular complexity index is 1770. The molecule has 0 saturated carbocycles. The van der Waals surface area contributed by atoms with Crippen molar-refractivity contribution >= 4 is 22.0 Å². The zero-order chi connectivity index (χ0) is 27.3. The Morgan fingerprint density at radius 3 is 2.22 bits per heavy atom. The van der Waals surface area contributed by atoms with Gasteiger partial charge in [-0.3, -0.25) is 4.57 Å². The Morgan fingerprint density at radius 1 is 0.784 bits per heavy atom. The van der Waals surface area contributed by atoms with Gasteiger partial charge in [-0.2, -0.15) is 0 Å². The first-order valence-electron chi connectivity index (χ1n) is 14.0. The van der Waals surface area contributed by atoms with Gasteiger partial charge in [0.1, 0.15) is 17.7 Å². The summed E-state index contributed by atoms with van der Waals surface area (Å²) in [6.45, 7) is 8.92. The molecule has 184 valence electrons. The van der Waals surface area contributed by atoms with E-state index in [2.05, 4.69) is 62.6 Å². The third kappa shape index (κ3) is 4.15. The molecule has 0 bridgehead atoms. The molecule has 0 aliphatic heterocycles. The van der Waals surface area contributed by atoms with Crippen molar-refractivity contribution in [2.24, 2.45) is 0 Å². The summed E-state index contributed by atoms with van der Waals surface area (Å²) in [6, 6.07) is 29.7. The molecular formula is C34H32N2O. The van der Waals surface area contributed by atoms with Crippen LogP contribution in [0.5, 0.6) is 0 Å². The van der Waals surface area contributed by atoms with Gasteiger partial charge in [0.2, 0.25) is 0 Å². The molecule has 0 atom stereocenters. The van der Waals surface area contributed by atoms with Crippen LogP contribution in [-0.2, 0) is 6.37 Å². The van der Waals surface area contributed by atoms with Crippen LogP contribution >= 0.6 is 0 Å². The minimum Gasteiger partial charge on any atom is -0.464 e. The van der Waals surface area contributed by atoms with Gasteiger partial charge in [-0.1, -0.05) is 94.4 Å². The molecule has 0 radical (unpaired) electrons. The standard InChI is InChI=1S/C34H32N2O/c1-22(2)26-13-10-14-27(23(3)4)33(26)36-31-16-9-8-15-30(31)35-34(36)29-21-37-32-18-17-25(20-28(29)32)19-24-11-6-5-7-12-24/h5-18,20-23H,19H2,1-4H3/i19D2. The van der Waals surface area contributed by atoms with E-state index in [1.807, 2.05) is 60.7 Å². The molecule has 0 spiro atoms. The van der Waals surface area contributed by atoms with Crippen molar-refractivity contribution in [2.75, 3.05) is 0 Å². The van der Waals surface area contributed by atoms with Gasteiger partial charge in [0, 0.05) is 8.13 Å². The average Bonchev–Trinajstić information content (AvgIpc) is 3.53. The Labute approximate surface area is 221 Å². The summed E-state index contributed by atoms with van der Waals surface area (Å²) in [5.41, 5.74) is 8.39. The van der Waals surface area contributed by atoms with Crippen LogP contribution in [0.3, 0.4) is 0 Å². The maximum Gasteiger partial charge on any atom is 0.149 e. The van der Waals surface area contributed by atoms with Crippen molar-refractivity contribution in [3.05, 3.63) is 120 Å². The van der Waals surface area contributed by atoms with E-state index in [1.165, 1.54) is 11.1 Å². The van der Waals surface area contributed by atoms with Crippen molar-refractivity contribution in [1.29, 1.82) is 0 Å². The molecule has 3 nitrogen and oxygen atoms in total.